The molecule has 0 aliphatic carbocycles. The number of aryl methyl sites for hydroxylation is 2. The van der Waals surface area contributed by atoms with E-state index in [4.69, 9.17) is 0 Å². The monoisotopic (exact) mass is 393 g/mol. The maximum atomic E-state index is 12.7. The van der Waals surface area contributed by atoms with Crippen LogP contribution in [0, 0.1) is 13.8 Å². The van der Waals surface area contributed by atoms with Crippen LogP contribution in [0.1, 0.15) is 21.1 Å². The highest BCUT2D eigenvalue weighted by molar-refractivity contribution is 7.19. The van der Waals surface area contributed by atoms with Gasteiger partial charge < -0.3 is 0 Å². The summed E-state index contributed by atoms with van der Waals surface area (Å²) in [6.45, 7) is 3.73. The Bertz CT molecular complexity index is 1090. The van der Waals surface area contributed by atoms with Crippen molar-refractivity contribution in [3.05, 3.63) is 65.1 Å². The van der Waals surface area contributed by atoms with Gasteiger partial charge in [-0.05, 0) is 38.1 Å². The van der Waals surface area contributed by atoms with E-state index in [1.165, 1.54) is 22.7 Å². The molecule has 8 heteroatoms. The molecule has 0 aromatic carbocycles. The molecule has 0 saturated heterocycles. The van der Waals surface area contributed by atoms with E-state index in [0.29, 0.717) is 15.7 Å². The van der Waals surface area contributed by atoms with Gasteiger partial charge in [-0.1, -0.05) is 23.5 Å². The standard InChI is InChI=1S/C19H15N5OS2/c1-11-15(13-7-3-5-9-20-13)27-19(23-11)24-17(25)16-12(2)22-18(26-16)14-8-4-6-10-21-14/h3-10H,1-2H3,(H,23,24,25). The molecule has 27 heavy (non-hydrogen) atoms. The van der Waals surface area contributed by atoms with Gasteiger partial charge in [0.2, 0.25) is 0 Å². The van der Waals surface area contributed by atoms with E-state index in [1.54, 1.807) is 12.4 Å². The Morgan fingerprint density at radius 2 is 1.59 bits per heavy atom. The van der Waals surface area contributed by atoms with Crippen molar-refractivity contribution in [3.63, 3.8) is 0 Å². The summed E-state index contributed by atoms with van der Waals surface area (Å²) in [6.07, 6.45) is 3.45. The molecule has 0 aliphatic heterocycles. The second-order valence-corrected chi connectivity index (χ2v) is 7.75. The SMILES string of the molecule is Cc1nc(-c2ccccn2)sc1C(=O)Nc1nc(C)c(-c2ccccn2)s1. The van der Waals surface area contributed by atoms with Gasteiger partial charge in [0, 0.05) is 12.4 Å². The first-order chi connectivity index (χ1) is 13.1. The highest BCUT2D eigenvalue weighted by atomic mass is 32.1. The Balaban J connectivity index is 1.58. The number of amides is 1. The van der Waals surface area contributed by atoms with Crippen molar-refractivity contribution in [3.8, 4) is 21.3 Å². The van der Waals surface area contributed by atoms with Gasteiger partial charge in [0.1, 0.15) is 9.88 Å². The molecule has 4 heterocycles. The Labute approximate surface area is 164 Å². The van der Waals surface area contributed by atoms with Crippen LogP contribution in [-0.2, 0) is 0 Å². The van der Waals surface area contributed by atoms with Crippen molar-refractivity contribution in [1.29, 1.82) is 0 Å². The Kier molecular flexibility index (Phi) is 4.74. The lowest BCUT2D eigenvalue weighted by Gasteiger charge is -1.99. The number of nitrogens with one attached hydrogen (secondary N) is 1. The summed E-state index contributed by atoms with van der Waals surface area (Å²) in [4.78, 5) is 31.8. The first-order valence-electron chi connectivity index (χ1n) is 8.21. The van der Waals surface area contributed by atoms with Gasteiger partial charge in [0.15, 0.2) is 5.13 Å². The average molecular weight is 393 g/mol. The predicted molar refractivity (Wildman–Crippen MR) is 108 cm³/mol. The van der Waals surface area contributed by atoms with Crippen LogP contribution in [0.5, 0.6) is 0 Å². The molecule has 0 radical (unpaired) electrons. The first-order valence-corrected chi connectivity index (χ1v) is 9.84. The summed E-state index contributed by atoms with van der Waals surface area (Å²) in [5.41, 5.74) is 3.12. The molecule has 4 aromatic heterocycles. The molecular weight excluding hydrogens is 378 g/mol. The topological polar surface area (TPSA) is 80.7 Å². The zero-order valence-electron chi connectivity index (χ0n) is 14.6. The number of anilines is 1. The summed E-state index contributed by atoms with van der Waals surface area (Å²) >= 11 is 2.74. The molecular formula is C19H15N5OS2. The number of hydrogen-bond acceptors (Lipinski definition) is 7. The predicted octanol–water partition coefficient (Wildman–Crippen LogP) is 4.59. The van der Waals surface area contributed by atoms with Crippen LogP contribution in [0.15, 0.2) is 48.8 Å². The summed E-state index contributed by atoms with van der Waals surface area (Å²) in [6, 6.07) is 11.4. The van der Waals surface area contributed by atoms with Crippen molar-refractivity contribution < 1.29 is 4.79 Å². The fourth-order valence-electron chi connectivity index (χ4n) is 2.54. The van der Waals surface area contributed by atoms with E-state index >= 15 is 0 Å². The van der Waals surface area contributed by atoms with Gasteiger partial charge in [0.05, 0.1) is 27.7 Å². The zero-order valence-corrected chi connectivity index (χ0v) is 16.3. The van der Waals surface area contributed by atoms with Gasteiger partial charge in [0.25, 0.3) is 5.91 Å². The third-order valence-corrected chi connectivity index (χ3v) is 6.08. The number of nitrogens with zero attached hydrogens (tertiary/aromatic N) is 4. The molecule has 0 bridgehead atoms. The number of carbonyl (C=O) groups is 1. The van der Waals surface area contributed by atoms with Crippen LogP contribution in [0.4, 0.5) is 5.13 Å². The molecule has 6 nitrogen and oxygen atoms in total. The van der Waals surface area contributed by atoms with Crippen LogP contribution < -0.4 is 5.32 Å². The van der Waals surface area contributed by atoms with Gasteiger partial charge in [-0.3, -0.25) is 20.1 Å². The van der Waals surface area contributed by atoms with Gasteiger partial charge in [-0.25, -0.2) is 9.97 Å². The van der Waals surface area contributed by atoms with E-state index in [1.807, 2.05) is 50.2 Å². The fourth-order valence-corrected chi connectivity index (χ4v) is 4.42. The Morgan fingerprint density at radius 1 is 0.889 bits per heavy atom. The quantitative estimate of drug-likeness (QED) is 0.548. The second-order valence-electron chi connectivity index (χ2n) is 5.75. The van der Waals surface area contributed by atoms with Crippen molar-refractivity contribution in [1.82, 2.24) is 19.9 Å². The molecule has 4 rings (SSSR count). The number of rotatable bonds is 4. The lowest BCUT2D eigenvalue weighted by molar-refractivity contribution is 0.103. The summed E-state index contributed by atoms with van der Waals surface area (Å²) in [5, 5.41) is 4.16. The summed E-state index contributed by atoms with van der Waals surface area (Å²) < 4.78 is 0. The fraction of sp³-hybridized carbons (Fsp3) is 0.105. The number of carbonyl (C=O) groups excluding carboxylic acids is 1. The van der Waals surface area contributed by atoms with Gasteiger partial charge in [-0.2, -0.15) is 0 Å². The van der Waals surface area contributed by atoms with E-state index < -0.39 is 0 Å². The molecule has 0 fully saturated rings. The van der Waals surface area contributed by atoms with E-state index in [2.05, 4.69) is 25.3 Å². The zero-order chi connectivity index (χ0) is 18.8. The van der Waals surface area contributed by atoms with E-state index in [9.17, 15) is 4.79 Å². The number of aromatic nitrogens is 4. The first kappa shape index (κ1) is 17.4. The van der Waals surface area contributed by atoms with Crippen LogP contribution >= 0.6 is 22.7 Å². The van der Waals surface area contributed by atoms with Gasteiger partial charge in [-0.15, -0.1) is 11.3 Å². The minimum Gasteiger partial charge on any atom is -0.297 e. The molecule has 0 atom stereocenters. The van der Waals surface area contributed by atoms with Crippen LogP contribution in [-0.4, -0.2) is 25.8 Å². The van der Waals surface area contributed by atoms with Crippen LogP contribution in [0.2, 0.25) is 0 Å². The maximum Gasteiger partial charge on any atom is 0.269 e. The van der Waals surface area contributed by atoms with Crippen LogP contribution in [0.3, 0.4) is 0 Å². The summed E-state index contributed by atoms with van der Waals surface area (Å²) in [7, 11) is 0. The number of hydrogen-bond donors (Lipinski definition) is 1. The molecule has 1 N–H and O–H groups in total. The number of pyridine rings is 2. The largest absolute Gasteiger partial charge is 0.297 e. The van der Waals surface area contributed by atoms with Crippen molar-refractivity contribution >= 4 is 33.7 Å². The molecule has 134 valence electrons. The van der Waals surface area contributed by atoms with Gasteiger partial charge >= 0.3 is 0 Å². The summed E-state index contributed by atoms with van der Waals surface area (Å²) in [5.74, 6) is -0.214. The lowest BCUT2D eigenvalue weighted by Crippen LogP contribution is -2.11. The number of thiazole rings is 2. The molecule has 1 amide bonds. The van der Waals surface area contributed by atoms with Crippen molar-refractivity contribution in [2.45, 2.75) is 13.8 Å². The normalized spacial score (nSPS) is 10.7. The molecule has 0 saturated carbocycles. The van der Waals surface area contributed by atoms with E-state index in [-0.39, 0.29) is 5.91 Å². The second kappa shape index (κ2) is 7.34. The Hall–Kier alpha value is -2.97. The molecule has 4 aromatic rings. The highest BCUT2D eigenvalue weighted by Crippen LogP contribution is 2.32. The smallest absolute Gasteiger partial charge is 0.269 e. The highest BCUT2D eigenvalue weighted by Gasteiger charge is 2.19. The molecule has 0 spiro atoms. The maximum absolute atomic E-state index is 12.7. The third-order valence-electron chi connectivity index (χ3n) is 3.80. The van der Waals surface area contributed by atoms with E-state index in [0.717, 1.165) is 27.0 Å². The van der Waals surface area contributed by atoms with Crippen LogP contribution in [0.25, 0.3) is 21.3 Å². The Morgan fingerprint density at radius 3 is 2.26 bits per heavy atom. The van der Waals surface area contributed by atoms with Crippen molar-refractivity contribution in [2.75, 3.05) is 5.32 Å². The van der Waals surface area contributed by atoms with Crippen molar-refractivity contribution in [2.24, 2.45) is 0 Å². The molecule has 0 unspecified atom stereocenters. The average Bonchev–Trinajstić information content (AvgIpc) is 3.26. The lowest BCUT2D eigenvalue weighted by atomic mass is 10.3. The third kappa shape index (κ3) is 3.62. The molecule has 0 aliphatic rings. The minimum atomic E-state index is -0.214. The minimum absolute atomic E-state index is 0.214.